The smallest absolute Gasteiger partial charge is 0.261 e. The van der Waals surface area contributed by atoms with E-state index >= 15 is 4.39 Å². The standard InChI is InChI=1S/C27H19F4N7S/c28-19-9-15(16-7-14(10-32-11-16)12-38-6-4-27(30,31)13-38)8-18-22(19)36-37-24(18)26-34-23-17(3-5-33-25(23)35-26)20-1-2-21(29)39-20/h1-3,5,7-11H,4,6,12-13H2,(H,36,37)(H,33,34,35). The topological polar surface area (TPSA) is 86.4 Å². The van der Waals surface area contributed by atoms with Crippen molar-refractivity contribution in [2.24, 2.45) is 0 Å². The van der Waals surface area contributed by atoms with E-state index in [9.17, 15) is 13.2 Å². The van der Waals surface area contributed by atoms with Crippen LogP contribution < -0.4 is 0 Å². The second kappa shape index (κ2) is 8.95. The minimum absolute atomic E-state index is 0.145. The molecular weight excluding hydrogens is 530 g/mol. The Morgan fingerprint density at radius 1 is 1.05 bits per heavy atom. The second-order valence-corrected chi connectivity index (χ2v) is 10.6. The molecule has 1 saturated heterocycles. The number of alkyl halides is 2. The number of rotatable bonds is 5. The summed E-state index contributed by atoms with van der Waals surface area (Å²) in [7, 11) is 0. The first-order valence-corrected chi connectivity index (χ1v) is 13.0. The lowest BCUT2D eigenvalue weighted by atomic mass is 10.0. The number of likely N-dealkylation sites (tertiary alicyclic amines) is 1. The minimum Gasteiger partial charge on any atom is -0.335 e. The maximum Gasteiger partial charge on any atom is 0.261 e. The number of H-pyrrole nitrogens is 2. The summed E-state index contributed by atoms with van der Waals surface area (Å²) >= 11 is 1.02. The van der Waals surface area contributed by atoms with E-state index in [1.807, 2.05) is 6.07 Å². The van der Waals surface area contributed by atoms with Gasteiger partial charge in [0.2, 0.25) is 0 Å². The van der Waals surface area contributed by atoms with Gasteiger partial charge in [-0.3, -0.25) is 15.0 Å². The van der Waals surface area contributed by atoms with E-state index in [1.165, 1.54) is 12.1 Å². The highest BCUT2D eigenvalue weighted by Gasteiger charge is 2.37. The molecule has 0 saturated carbocycles. The average molecular weight is 550 g/mol. The Hall–Kier alpha value is -4.16. The van der Waals surface area contributed by atoms with Crippen LogP contribution in [-0.4, -0.2) is 54.0 Å². The van der Waals surface area contributed by atoms with Crippen molar-refractivity contribution in [2.75, 3.05) is 13.1 Å². The second-order valence-electron chi connectivity index (χ2n) is 9.60. The highest BCUT2D eigenvalue weighted by molar-refractivity contribution is 7.14. The number of benzene rings is 1. The summed E-state index contributed by atoms with van der Waals surface area (Å²) in [4.78, 5) is 18.8. The van der Waals surface area contributed by atoms with Crippen molar-refractivity contribution in [3.8, 4) is 33.1 Å². The lowest BCUT2D eigenvalue weighted by Crippen LogP contribution is -2.24. The zero-order chi connectivity index (χ0) is 26.7. The van der Waals surface area contributed by atoms with Crippen molar-refractivity contribution in [1.29, 1.82) is 0 Å². The number of fused-ring (bicyclic) bond motifs is 2. The summed E-state index contributed by atoms with van der Waals surface area (Å²) in [6.07, 6.45) is 4.69. The lowest BCUT2D eigenvalue weighted by molar-refractivity contribution is 0.0115. The molecule has 1 fully saturated rings. The predicted molar refractivity (Wildman–Crippen MR) is 140 cm³/mol. The van der Waals surface area contributed by atoms with Gasteiger partial charge in [0, 0.05) is 59.5 Å². The Morgan fingerprint density at radius 3 is 2.74 bits per heavy atom. The van der Waals surface area contributed by atoms with Crippen LogP contribution in [0.1, 0.15) is 12.0 Å². The van der Waals surface area contributed by atoms with Crippen LogP contribution in [0.25, 0.3) is 55.2 Å². The van der Waals surface area contributed by atoms with Gasteiger partial charge in [0.25, 0.3) is 5.92 Å². The molecule has 1 aromatic carbocycles. The van der Waals surface area contributed by atoms with E-state index in [2.05, 4.69) is 30.1 Å². The minimum atomic E-state index is -2.68. The summed E-state index contributed by atoms with van der Waals surface area (Å²) in [5, 5.41) is 7.24. The highest BCUT2D eigenvalue weighted by Crippen LogP contribution is 2.35. The maximum atomic E-state index is 15.2. The van der Waals surface area contributed by atoms with Crippen LogP contribution in [0.5, 0.6) is 0 Å². The summed E-state index contributed by atoms with van der Waals surface area (Å²) in [6, 6.07) is 9.88. The van der Waals surface area contributed by atoms with Gasteiger partial charge >= 0.3 is 0 Å². The molecule has 0 unspecified atom stereocenters. The number of hydrogen-bond donors (Lipinski definition) is 2. The Labute approximate surface area is 222 Å². The third kappa shape index (κ3) is 4.35. The number of hydrogen-bond acceptors (Lipinski definition) is 6. The van der Waals surface area contributed by atoms with E-state index in [0.29, 0.717) is 52.3 Å². The fourth-order valence-electron chi connectivity index (χ4n) is 5.05. The summed E-state index contributed by atoms with van der Waals surface area (Å²) in [5.41, 5.74) is 4.40. The Morgan fingerprint density at radius 2 is 1.95 bits per heavy atom. The fourth-order valence-corrected chi connectivity index (χ4v) is 5.81. The van der Waals surface area contributed by atoms with Crippen LogP contribution in [0.4, 0.5) is 17.6 Å². The van der Waals surface area contributed by atoms with Crippen LogP contribution in [0.3, 0.4) is 0 Å². The largest absolute Gasteiger partial charge is 0.335 e. The maximum absolute atomic E-state index is 15.2. The first kappa shape index (κ1) is 23.9. The molecule has 0 amide bonds. The molecule has 5 aromatic heterocycles. The molecule has 12 heteroatoms. The number of aromatic nitrogens is 6. The third-order valence-electron chi connectivity index (χ3n) is 6.86. The Kier molecular flexibility index (Phi) is 5.49. The van der Waals surface area contributed by atoms with E-state index < -0.39 is 11.7 Å². The molecule has 0 aliphatic carbocycles. The van der Waals surface area contributed by atoms with Crippen molar-refractivity contribution < 1.29 is 17.6 Å². The summed E-state index contributed by atoms with van der Waals surface area (Å²) in [5.74, 6) is -2.80. The van der Waals surface area contributed by atoms with Crippen LogP contribution in [-0.2, 0) is 6.54 Å². The van der Waals surface area contributed by atoms with Crippen molar-refractivity contribution in [1.82, 2.24) is 35.0 Å². The number of pyridine rings is 2. The first-order chi connectivity index (χ1) is 18.8. The molecule has 1 aliphatic heterocycles. The molecule has 0 spiro atoms. The molecule has 0 radical (unpaired) electrons. The predicted octanol–water partition coefficient (Wildman–Crippen LogP) is 6.41. The van der Waals surface area contributed by atoms with Crippen LogP contribution >= 0.6 is 11.3 Å². The Balaban J connectivity index is 1.27. The van der Waals surface area contributed by atoms with Crippen LogP contribution in [0, 0.1) is 10.9 Å². The molecule has 2 N–H and O–H groups in total. The average Bonchev–Trinajstić information content (AvgIpc) is 3.69. The van der Waals surface area contributed by atoms with Gasteiger partial charge in [-0.2, -0.15) is 9.49 Å². The van der Waals surface area contributed by atoms with Gasteiger partial charge in [0.1, 0.15) is 11.2 Å². The molecule has 7 rings (SSSR count). The molecule has 39 heavy (non-hydrogen) atoms. The normalized spacial score (nSPS) is 15.6. The van der Waals surface area contributed by atoms with E-state index in [0.717, 1.165) is 27.3 Å². The first-order valence-electron chi connectivity index (χ1n) is 12.2. The fraction of sp³-hybridized carbons (Fsp3) is 0.185. The highest BCUT2D eigenvalue weighted by atomic mass is 32.1. The third-order valence-corrected chi connectivity index (χ3v) is 7.77. The van der Waals surface area contributed by atoms with E-state index in [4.69, 9.17) is 0 Å². The van der Waals surface area contributed by atoms with Crippen LogP contribution in [0.15, 0.2) is 55.0 Å². The van der Waals surface area contributed by atoms with Gasteiger partial charge in [-0.1, -0.05) is 0 Å². The molecule has 0 bridgehead atoms. The van der Waals surface area contributed by atoms with Gasteiger partial charge in [-0.15, -0.1) is 11.3 Å². The summed E-state index contributed by atoms with van der Waals surface area (Å²) in [6.45, 7) is 0.359. The number of thiophene rings is 1. The molecular formula is C27H19F4N7S. The molecule has 196 valence electrons. The summed E-state index contributed by atoms with van der Waals surface area (Å²) < 4.78 is 56.1. The quantitative estimate of drug-likeness (QED) is 0.243. The molecule has 7 nitrogen and oxygen atoms in total. The van der Waals surface area contributed by atoms with Crippen molar-refractivity contribution >= 4 is 33.4 Å². The van der Waals surface area contributed by atoms with Crippen molar-refractivity contribution in [3.05, 3.63) is 71.5 Å². The lowest BCUT2D eigenvalue weighted by Gasteiger charge is -2.15. The molecule has 6 aromatic rings. The number of imidazole rings is 1. The van der Waals surface area contributed by atoms with Gasteiger partial charge in [0.05, 0.1) is 12.1 Å². The van der Waals surface area contributed by atoms with Crippen molar-refractivity contribution in [3.63, 3.8) is 0 Å². The zero-order valence-corrected chi connectivity index (χ0v) is 21.0. The number of halogens is 4. The van der Waals surface area contributed by atoms with Gasteiger partial charge in [-0.05, 0) is 47.5 Å². The van der Waals surface area contributed by atoms with Crippen molar-refractivity contribution in [2.45, 2.75) is 18.9 Å². The molecule has 6 heterocycles. The van der Waals surface area contributed by atoms with Gasteiger partial charge in [-0.25, -0.2) is 23.1 Å². The Bertz CT molecular complexity index is 1860. The monoisotopic (exact) mass is 549 g/mol. The van der Waals surface area contributed by atoms with E-state index in [-0.39, 0.29) is 23.6 Å². The SMILES string of the molecule is Fc1ccc(-c2ccnc3nc(-c4[nH]nc5c(F)cc(-c6cncc(CN7CCC(F)(F)C7)c6)cc45)[nH]c23)s1. The van der Waals surface area contributed by atoms with E-state index in [1.54, 1.807) is 41.7 Å². The number of aromatic amines is 2. The number of nitrogens with zero attached hydrogens (tertiary/aromatic N) is 5. The van der Waals surface area contributed by atoms with Gasteiger partial charge in [0.15, 0.2) is 22.4 Å². The molecule has 0 atom stereocenters. The number of nitrogens with one attached hydrogen (secondary N) is 2. The van der Waals surface area contributed by atoms with Crippen LogP contribution in [0.2, 0.25) is 0 Å². The zero-order valence-electron chi connectivity index (χ0n) is 20.2. The van der Waals surface area contributed by atoms with Gasteiger partial charge < -0.3 is 4.98 Å². The molecule has 1 aliphatic rings.